The fraction of sp³-hybridized carbons (Fsp3) is 0.143. The highest BCUT2D eigenvalue weighted by Crippen LogP contribution is 2.33. The number of fused-ring (bicyclic) bond motifs is 2. The van der Waals surface area contributed by atoms with E-state index < -0.39 is 0 Å². The minimum absolute atomic E-state index is 0.00479. The molecule has 156 valence electrons. The Morgan fingerprint density at radius 3 is 2.87 bits per heavy atom. The summed E-state index contributed by atoms with van der Waals surface area (Å²) >= 11 is 13.7. The number of hydrogen-bond donors (Lipinski definition) is 2. The van der Waals surface area contributed by atoms with Crippen LogP contribution in [0.4, 0.5) is 11.6 Å². The lowest BCUT2D eigenvalue weighted by Crippen LogP contribution is -2.14. The van der Waals surface area contributed by atoms with Crippen LogP contribution < -0.4 is 10.6 Å². The summed E-state index contributed by atoms with van der Waals surface area (Å²) in [6.07, 6.45) is 1.96. The van der Waals surface area contributed by atoms with Crippen LogP contribution >= 0.6 is 34.5 Å². The number of nitrogens with zero attached hydrogens (tertiary/aromatic N) is 3. The van der Waals surface area contributed by atoms with E-state index in [0.29, 0.717) is 27.0 Å². The summed E-state index contributed by atoms with van der Waals surface area (Å²) in [6.45, 7) is 0. The number of thiazole rings is 1. The third-order valence-corrected chi connectivity index (χ3v) is 6.37. The average molecular weight is 472 g/mol. The molecule has 1 aliphatic heterocycles. The van der Waals surface area contributed by atoms with Gasteiger partial charge in [-0.05, 0) is 54.8 Å². The van der Waals surface area contributed by atoms with Crippen molar-refractivity contribution in [2.24, 2.45) is 0 Å². The van der Waals surface area contributed by atoms with E-state index in [0.717, 1.165) is 35.3 Å². The molecular weight excluding hydrogens is 457 g/mol. The Labute approximate surface area is 191 Å². The van der Waals surface area contributed by atoms with Crippen molar-refractivity contribution in [3.63, 3.8) is 0 Å². The molecule has 0 fully saturated rings. The Morgan fingerprint density at radius 1 is 1.16 bits per heavy atom. The van der Waals surface area contributed by atoms with E-state index in [1.807, 2.05) is 11.4 Å². The van der Waals surface area contributed by atoms with Gasteiger partial charge in [0, 0.05) is 33.6 Å². The molecule has 7 nitrogen and oxygen atoms in total. The first-order valence-electron chi connectivity index (χ1n) is 9.52. The normalized spacial score (nSPS) is 13.5. The molecule has 5 rings (SSSR count). The van der Waals surface area contributed by atoms with Crippen molar-refractivity contribution in [1.29, 1.82) is 0 Å². The molecule has 0 saturated carbocycles. The third kappa shape index (κ3) is 3.89. The number of carbonyl (C=O) groups is 2. The second kappa shape index (κ2) is 7.96. The van der Waals surface area contributed by atoms with Crippen molar-refractivity contribution in [2.75, 3.05) is 10.6 Å². The van der Waals surface area contributed by atoms with Gasteiger partial charge in [0.15, 0.2) is 0 Å². The zero-order valence-corrected chi connectivity index (χ0v) is 18.3. The van der Waals surface area contributed by atoms with E-state index in [1.165, 1.54) is 11.3 Å². The number of rotatable bonds is 3. The highest BCUT2D eigenvalue weighted by Gasteiger charge is 2.18. The largest absolute Gasteiger partial charge is 0.326 e. The summed E-state index contributed by atoms with van der Waals surface area (Å²) in [6, 6.07) is 10.5. The maximum atomic E-state index is 12.8. The van der Waals surface area contributed by atoms with Crippen LogP contribution in [0.15, 0.2) is 41.8 Å². The van der Waals surface area contributed by atoms with Crippen molar-refractivity contribution in [3.05, 3.63) is 63.0 Å². The topological polar surface area (TPSA) is 88.4 Å². The SMILES string of the molecule is O=C1CCCc2cc(C(=O)Nc3nc4scc(-c5ccc(Cl)cc5Cl)n4n3)ccc2N1. The summed E-state index contributed by atoms with van der Waals surface area (Å²) in [5.41, 5.74) is 3.71. The van der Waals surface area contributed by atoms with Gasteiger partial charge in [0.05, 0.1) is 10.7 Å². The summed E-state index contributed by atoms with van der Waals surface area (Å²) in [5, 5.41) is 13.0. The molecule has 3 heterocycles. The number of nitrogens with one attached hydrogen (secondary N) is 2. The van der Waals surface area contributed by atoms with Gasteiger partial charge >= 0.3 is 0 Å². The van der Waals surface area contributed by atoms with Crippen molar-refractivity contribution >= 4 is 62.9 Å². The lowest BCUT2D eigenvalue weighted by molar-refractivity contribution is -0.116. The van der Waals surface area contributed by atoms with Crippen LogP contribution in [0, 0.1) is 0 Å². The van der Waals surface area contributed by atoms with Crippen LogP contribution in [0.5, 0.6) is 0 Å². The van der Waals surface area contributed by atoms with Crippen LogP contribution in [0.2, 0.25) is 10.0 Å². The molecule has 0 unspecified atom stereocenters. The van der Waals surface area contributed by atoms with Gasteiger partial charge in [0.1, 0.15) is 0 Å². The van der Waals surface area contributed by atoms with E-state index in [9.17, 15) is 9.59 Å². The van der Waals surface area contributed by atoms with E-state index >= 15 is 0 Å². The highest BCUT2D eigenvalue weighted by molar-refractivity contribution is 7.15. The van der Waals surface area contributed by atoms with Gasteiger partial charge in [-0.3, -0.25) is 14.9 Å². The molecular formula is C21H15Cl2N5O2S. The van der Waals surface area contributed by atoms with Crippen LogP contribution in [0.1, 0.15) is 28.8 Å². The standard InChI is InChI=1S/C21H15Cl2N5O2S/c22-13-5-6-14(15(23)9-13)17-10-31-21-26-20(27-28(17)21)25-19(30)12-4-7-16-11(8-12)2-1-3-18(29)24-16/h4-10H,1-3H2,(H,24,29)(H,25,27,30). The third-order valence-electron chi connectivity index (χ3n) is 5.01. The van der Waals surface area contributed by atoms with Gasteiger partial charge in [-0.2, -0.15) is 4.98 Å². The van der Waals surface area contributed by atoms with Crippen LogP contribution in [0.25, 0.3) is 16.2 Å². The maximum Gasteiger partial charge on any atom is 0.258 e. The molecule has 2 N–H and O–H groups in total. The Morgan fingerprint density at radius 2 is 2.03 bits per heavy atom. The molecule has 0 aliphatic carbocycles. The van der Waals surface area contributed by atoms with Gasteiger partial charge in [0.2, 0.25) is 10.9 Å². The molecule has 4 aromatic rings. The van der Waals surface area contributed by atoms with E-state index in [1.54, 1.807) is 34.8 Å². The molecule has 2 aromatic carbocycles. The minimum Gasteiger partial charge on any atom is -0.326 e. The van der Waals surface area contributed by atoms with Gasteiger partial charge in [-0.25, -0.2) is 4.52 Å². The van der Waals surface area contributed by atoms with Gasteiger partial charge in [0.25, 0.3) is 11.9 Å². The van der Waals surface area contributed by atoms with Crippen molar-refractivity contribution < 1.29 is 9.59 Å². The zero-order valence-electron chi connectivity index (χ0n) is 16.0. The lowest BCUT2D eigenvalue weighted by Gasteiger charge is -2.08. The van der Waals surface area contributed by atoms with Gasteiger partial charge in [-0.15, -0.1) is 16.4 Å². The predicted molar refractivity (Wildman–Crippen MR) is 122 cm³/mol. The second-order valence-electron chi connectivity index (χ2n) is 7.10. The van der Waals surface area contributed by atoms with E-state index in [2.05, 4.69) is 20.7 Å². The number of anilines is 2. The summed E-state index contributed by atoms with van der Waals surface area (Å²) in [4.78, 5) is 29.5. The van der Waals surface area contributed by atoms with Crippen LogP contribution in [0.3, 0.4) is 0 Å². The number of hydrogen-bond acceptors (Lipinski definition) is 5. The molecule has 0 radical (unpaired) electrons. The average Bonchev–Trinajstić information content (AvgIpc) is 3.23. The Hall–Kier alpha value is -2.94. The van der Waals surface area contributed by atoms with Crippen molar-refractivity contribution in [3.8, 4) is 11.3 Å². The fourth-order valence-electron chi connectivity index (χ4n) is 3.51. The van der Waals surface area contributed by atoms with Gasteiger partial charge in [-0.1, -0.05) is 23.2 Å². The number of aryl methyl sites for hydroxylation is 1. The Bertz CT molecular complexity index is 1350. The molecule has 1 aliphatic rings. The second-order valence-corrected chi connectivity index (χ2v) is 8.78. The molecule has 2 aromatic heterocycles. The summed E-state index contributed by atoms with van der Waals surface area (Å²) in [7, 11) is 0. The quantitative estimate of drug-likeness (QED) is 0.424. The molecule has 0 saturated heterocycles. The first-order chi connectivity index (χ1) is 15.0. The Kier molecular flexibility index (Phi) is 5.13. The molecule has 0 spiro atoms. The monoisotopic (exact) mass is 471 g/mol. The Balaban J connectivity index is 1.41. The number of aromatic nitrogens is 3. The van der Waals surface area contributed by atoms with Crippen molar-refractivity contribution in [2.45, 2.75) is 19.3 Å². The maximum absolute atomic E-state index is 12.8. The number of carbonyl (C=O) groups excluding carboxylic acids is 2. The zero-order chi connectivity index (χ0) is 21.5. The lowest BCUT2D eigenvalue weighted by atomic mass is 10.0. The molecule has 0 bridgehead atoms. The highest BCUT2D eigenvalue weighted by atomic mass is 35.5. The first kappa shape index (κ1) is 20.0. The molecule has 10 heteroatoms. The molecule has 31 heavy (non-hydrogen) atoms. The smallest absolute Gasteiger partial charge is 0.258 e. The number of amides is 2. The van der Waals surface area contributed by atoms with Crippen LogP contribution in [-0.2, 0) is 11.2 Å². The predicted octanol–water partition coefficient (Wildman–Crippen LogP) is 5.29. The van der Waals surface area contributed by atoms with Gasteiger partial charge < -0.3 is 5.32 Å². The molecule has 2 amide bonds. The van der Waals surface area contributed by atoms with E-state index in [-0.39, 0.29) is 17.8 Å². The van der Waals surface area contributed by atoms with Crippen LogP contribution in [-0.4, -0.2) is 26.4 Å². The number of halogens is 2. The van der Waals surface area contributed by atoms with Crippen molar-refractivity contribution in [1.82, 2.24) is 14.6 Å². The molecule has 0 atom stereocenters. The minimum atomic E-state index is -0.317. The summed E-state index contributed by atoms with van der Waals surface area (Å²) < 4.78 is 1.64. The summed E-state index contributed by atoms with van der Waals surface area (Å²) in [5.74, 6) is -0.121. The van der Waals surface area contributed by atoms with E-state index in [4.69, 9.17) is 23.2 Å². The first-order valence-corrected chi connectivity index (χ1v) is 11.2. The number of benzene rings is 2. The fourth-order valence-corrected chi connectivity index (χ4v) is 4.83.